The molecule has 0 bridgehead atoms. The largest absolute Gasteiger partial charge is 0.393 e. The summed E-state index contributed by atoms with van der Waals surface area (Å²) in [7, 11) is 0. The normalized spacial score (nSPS) is 17.3. The van der Waals surface area contributed by atoms with Crippen molar-refractivity contribution in [2.75, 3.05) is 18.0 Å². The number of nitrogens with zero attached hydrogens (tertiary/aromatic N) is 2. The van der Waals surface area contributed by atoms with Gasteiger partial charge in [0.05, 0.1) is 11.1 Å². The lowest BCUT2D eigenvalue weighted by Crippen LogP contribution is -2.36. The third-order valence-electron chi connectivity index (χ3n) is 3.49. The summed E-state index contributed by atoms with van der Waals surface area (Å²) in [6.07, 6.45) is 3.15. The van der Waals surface area contributed by atoms with Crippen LogP contribution in [0.2, 0.25) is 5.02 Å². The van der Waals surface area contributed by atoms with Crippen molar-refractivity contribution in [1.29, 1.82) is 0 Å². The molecule has 0 atom stereocenters. The second kappa shape index (κ2) is 4.75. The molecule has 0 unspecified atom stereocenters. The topological polar surface area (TPSA) is 36.4 Å². The second-order valence-corrected chi connectivity index (χ2v) is 5.10. The van der Waals surface area contributed by atoms with E-state index in [1.807, 2.05) is 18.2 Å². The van der Waals surface area contributed by atoms with Crippen LogP contribution >= 0.6 is 11.6 Å². The zero-order valence-corrected chi connectivity index (χ0v) is 10.8. The van der Waals surface area contributed by atoms with E-state index in [1.165, 1.54) is 0 Å². The van der Waals surface area contributed by atoms with E-state index >= 15 is 0 Å². The molecule has 1 aliphatic heterocycles. The molecule has 0 aliphatic carbocycles. The van der Waals surface area contributed by atoms with Crippen LogP contribution in [0.5, 0.6) is 0 Å². The van der Waals surface area contributed by atoms with E-state index in [1.54, 1.807) is 6.20 Å². The first-order valence-corrected chi connectivity index (χ1v) is 6.60. The molecule has 0 spiro atoms. The van der Waals surface area contributed by atoms with Crippen molar-refractivity contribution in [1.82, 2.24) is 4.98 Å². The van der Waals surface area contributed by atoms with Crippen molar-refractivity contribution in [3.05, 3.63) is 35.5 Å². The SMILES string of the molecule is OC1CCN(c2ncc(Cl)c3ccccc23)CC1. The van der Waals surface area contributed by atoms with Gasteiger partial charge in [0, 0.05) is 30.1 Å². The Morgan fingerprint density at radius 1 is 1.17 bits per heavy atom. The number of hydrogen-bond acceptors (Lipinski definition) is 3. The van der Waals surface area contributed by atoms with Crippen LogP contribution in [0.3, 0.4) is 0 Å². The van der Waals surface area contributed by atoms with Crippen molar-refractivity contribution in [2.24, 2.45) is 0 Å². The third kappa shape index (κ3) is 2.04. The minimum absolute atomic E-state index is 0.167. The van der Waals surface area contributed by atoms with Gasteiger partial charge in [-0.1, -0.05) is 35.9 Å². The molecular formula is C14H15ClN2O. The first-order chi connectivity index (χ1) is 8.75. The molecule has 1 aromatic heterocycles. The summed E-state index contributed by atoms with van der Waals surface area (Å²) < 4.78 is 0. The fraction of sp³-hybridized carbons (Fsp3) is 0.357. The van der Waals surface area contributed by atoms with E-state index < -0.39 is 0 Å². The third-order valence-corrected chi connectivity index (χ3v) is 3.79. The lowest BCUT2D eigenvalue weighted by molar-refractivity contribution is 0.145. The standard InChI is InChI=1S/C14H15ClN2O/c15-13-9-16-14(12-4-2-1-3-11(12)13)17-7-5-10(18)6-8-17/h1-4,9-10,18H,5-8H2. The molecule has 0 saturated carbocycles. The summed E-state index contributed by atoms with van der Waals surface area (Å²) >= 11 is 6.17. The van der Waals surface area contributed by atoms with Gasteiger partial charge in [-0.25, -0.2) is 4.98 Å². The molecular weight excluding hydrogens is 248 g/mol. The zero-order valence-electron chi connectivity index (χ0n) is 10.0. The number of hydrogen-bond donors (Lipinski definition) is 1. The number of piperidine rings is 1. The second-order valence-electron chi connectivity index (χ2n) is 4.69. The zero-order chi connectivity index (χ0) is 12.5. The van der Waals surface area contributed by atoms with Gasteiger partial charge >= 0.3 is 0 Å². The van der Waals surface area contributed by atoms with Gasteiger partial charge in [0.15, 0.2) is 0 Å². The molecule has 0 radical (unpaired) electrons. The first-order valence-electron chi connectivity index (χ1n) is 6.22. The Hall–Kier alpha value is -1.32. The highest BCUT2D eigenvalue weighted by Gasteiger charge is 2.20. The van der Waals surface area contributed by atoms with Gasteiger partial charge in [0.1, 0.15) is 5.82 Å². The molecule has 0 amide bonds. The Labute approximate surface area is 111 Å². The molecule has 1 N–H and O–H groups in total. The Morgan fingerprint density at radius 3 is 2.56 bits per heavy atom. The number of rotatable bonds is 1. The molecule has 2 heterocycles. The van der Waals surface area contributed by atoms with Gasteiger partial charge in [-0.05, 0) is 12.8 Å². The Bertz CT molecular complexity index is 565. The molecule has 3 nitrogen and oxygen atoms in total. The lowest BCUT2D eigenvalue weighted by Gasteiger charge is -2.31. The van der Waals surface area contributed by atoms with Crippen LogP contribution in [0.1, 0.15) is 12.8 Å². The first kappa shape index (κ1) is 11.8. The van der Waals surface area contributed by atoms with Gasteiger partial charge in [-0.2, -0.15) is 0 Å². The Kier molecular flexibility index (Phi) is 3.10. The van der Waals surface area contributed by atoms with Crippen molar-refractivity contribution >= 4 is 28.2 Å². The monoisotopic (exact) mass is 262 g/mol. The number of anilines is 1. The highest BCUT2D eigenvalue weighted by Crippen LogP contribution is 2.31. The predicted molar refractivity (Wildman–Crippen MR) is 74.2 cm³/mol. The van der Waals surface area contributed by atoms with Crippen molar-refractivity contribution in [3.63, 3.8) is 0 Å². The molecule has 3 rings (SSSR count). The number of fused-ring (bicyclic) bond motifs is 1. The van der Waals surface area contributed by atoms with Gasteiger partial charge in [-0.3, -0.25) is 0 Å². The smallest absolute Gasteiger partial charge is 0.136 e. The minimum Gasteiger partial charge on any atom is -0.393 e. The number of pyridine rings is 1. The van der Waals surface area contributed by atoms with E-state index in [2.05, 4.69) is 16.0 Å². The maximum Gasteiger partial charge on any atom is 0.136 e. The van der Waals surface area contributed by atoms with E-state index in [4.69, 9.17) is 11.6 Å². The van der Waals surface area contributed by atoms with Crippen molar-refractivity contribution in [3.8, 4) is 0 Å². The van der Waals surface area contributed by atoms with Gasteiger partial charge in [0.25, 0.3) is 0 Å². The van der Waals surface area contributed by atoms with Crippen LogP contribution in [0, 0.1) is 0 Å². The van der Waals surface area contributed by atoms with Crippen LogP contribution in [0.4, 0.5) is 5.82 Å². The van der Waals surface area contributed by atoms with Gasteiger partial charge in [-0.15, -0.1) is 0 Å². The Balaban J connectivity index is 2.04. The summed E-state index contributed by atoms with van der Waals surface area (Å²) in [6.45, 7) is 1.69. The molecule has 4 heteroatoms. The summed E-state index contributed by atoms with van der Waals surface area (Å²) in [5.41, 5.74) is 0. The van der Waals surface area contributed by atoms with Gasteiger partial charge < -0.3 is 10.0 Å². The number of benzene rings is 1. The molecule has 18 heavy (non-hydrogen) atoms. The predicted octanol–water partition coefficient (Wildman–Crippen LogP) is 2.85. The minimum atomic E-state index is -0.167. The molecule has 1 saturated heterocycles. The average Bonchev–Trinajstić information content (AvgIpc) is 2.41. The average molecular weight is 263 g/mol. The lowest BCUT2D eigenvalue weighted by atomic mass is 10.1. The highest BCUT2D eigenvalue weighted by molar-refractivity contribution is 6.35. The quantitative estimate of drug-likeness (QED) is 0.859. The van der Waals surface area contributed by atoms with Crippen molar-refractivity contribution < 1.29 is 5.11 Å². The maximum absolute atomic E-state index is 9.56. The van der Waals surface area contributed by atoms with Crippen LogP contribution in [0.15, 0.2) is 30.5 Å². The van der Waals surface area contributed by atoms with E-state index in [0.717, 1.165) is 42.5 Å². The molecule has 94 valence electrons. The van der Waals surface area contributed by atoms with Crippen molar-refractivity contribution in [2.45, 2.75) is 18.9 Å². The van der Waals surface area contributed by atoms with E-state index in [9.17, 15) is 5.11 Å². The van der Waals surface area contributed by atoms with Crippen LogP contribution < -0.4 is 4.90 Å². The molecule has 1 fully saturated rings. The summed E-state index contributed by atoms with van der Waals surface area (Å²) in [4.78, 5) is 6.70. The molecule has 1 aliphatic rings. The van der Waals surface area contributed by atoms with Crippen LogP contribution in [-0.4, -0.2) is 29.3 Å². The number of aliphatic hydroxyl groups excluding tert-OH is 1. The van der Waals surface area contributed by atoms with Crippen LogP contribution in [-0.2, 0) is 0 Å². The van der Waals surface area contributed by atoms with Crippen LogP contribution in [0.25, 0.3) is 10.8 Å². The number of aliphatic hydroxyl groups is 1. The van der Waals surface area contributed by atoms with E-state index in [-0.39, 0.29) is 6.10 Å². The highest BCUT2D eigenvalue weighted by atomic mass is 35.5. The summed E-state index contributed by atoms with van der Waals surface area (Å²) in [5.74, 6) is 0.974. The summed E-state index contributed by atoms with van der Waals surface area (Å²) in [5, 5.41) is 12.4. The summed E-state index contributed by atoms with van der Waals surface area (Å²) in [6, 6.07) is 8.05. The number of aromatic nitrogens is 1. The maximum atomic E-state index is 9.56. The fourth-order valence-corrected chi connectivity index (χ4v) is 2.69. The Morgan fingerprint density at radius 2 is 1.83 bits per heavy atom. The molecule has 1 aromatic carbocycles. The van der Waals surface area contributed by atoms with Gasteiger partial charge in [0.2, 0.25) is 0 Å². The number of halogens is 1. The van der Waals surface area contributed by atoms with E-state index in [0.29, 0.717) is 5.02 Å². The fourth-order valence-electron chi connectivity index (χ4n) is 2.47. The molecule has 2 aromatic rings.